The van der Waals surface area contributed by atoms with Crippen molar-refractivity contribution in [1.82, 2.24) is 25.0 Å². The molecule has 0 aliphatic heterocycles. The third-order valence-electron chi connectivity index (χ3n) is 3.95. The number of hydrogen-bond donors (Lipinski definition) is 2. The molecule has 4 rings (SSSR count). The van der Waals surface area contributed by atoms with Crippen molar-refractivity contribution in [2.24, 2.45) is 0 Å². The molecule has 2 heterocycles. The number of nitrogens with zero attached hydrogens (tertiary/aromatic N) is 5. The summed E-state index contributed by atoms with van der Waals surface area (Å²) in [6, 6.07) is 9.77. The normalized spacial score (nSPS) is 21.3. The topological polar surface area (TPSA) is 88.8 Å². The van der Waals surface area contributed by atoms with Gasteiger partial charge >= 0.3 is 0 Å². The fourth-order valence-electron chi connectivity index (χ4n) is 2.85. The Balaban J connectivity index is 1.64. The van der Waals surface area contributed by atoms with Crippen molar-refractivity contribution < 1.29 is 5.11 Å². The van der Waals surface area contributed by atoms with E-state index < -0.39 is 0 Å². The molecule has 22 heavy (non-hydrogen) atoms. The van der Waals surface area contributed by atoms with Crippen LogP contribution in [0.15, 0.2) is 36.5 Å². The molecular weight excluding hydrogens is 280 g/mol. The number of nitrogens with one attached hydrogen (secondary N) is 1. The fraction of sp³-hybridized carbons (Fsp3) is 0.333. The Labute approximate surface area is 127 Å². The van der Waals surface area contributed by atoms with E-state index >= 15 is 0 Å². The lowest BCUT2D eigenvalue weighted by atomic mass is 10.2. The monoisotopic (exact) mass is 296 g/mol. The number of aromatic nitrogens is 5. The summed E-state index contributed by atoms with van der Waals surface area (Å²) in [4.78, 5) is 8.76. The van der Waals surface area contributed by atoms with Crippen LogP contribution in [-0.2, 0) is 0 Å². The first-order chi connectivity index (χ1) is 10.8. The first-order valence-corrected chi connectivity index (χ1v) is 7.38. The van der Waals surface area contributed by atoms with Gasteiger partial charge in [-0.1, -0.05) is 17.3 Å². The lowest BCUT2D eigenvalue weighted by molar-refractivity contribution is 0.182. The first-order valence-electron chi connectivity index (χ1n) is 7.38. The Morgan fingerprint density at radius 1 is 1.18 bits per heavy atom. The second-order valence-corrected chi connectivity index (χ2v) is 5.54. The molecule has 1 aliphatic carbocycles. The molecule has 0 unspecified atom stereocenters. The average molecular weight is 296 g/mol. The minimum absolute atomic E-state index is 0.220. The minimum atomic E-state index is -0.222. The number of aliphatic hydroxyl groups is 1. The minimum Gasteiger partial charge on any atom is -0.393 e. The number of fused-ring (bicyclic) bond motifs is 1. The van der Waals surface area contributed by atoms with E-state index in [9.17, 15) is 5.11 Å². The first kappa shape index (κ1) is 13.1. The number of para-hydroxylation sites is 1. The highest BCUT2D eigenvalue weighted by atomic mass is 16.3. The third-order valence-corrected chi connectivity index (χ3v) is 3.95. The van der Waals surface area contributed by atoms with E-state index in [0.717, 1.165) is 30.3 Å². The highest BCUT2D eigenvalue weighted by molar-refractivity contribution is 5.75. The lowest BCUT2D eigenvalue weighted by Gasteiger charge is -2.12. The number of rotatable bonds is 3. The zero-order valence-corrected chi connectivity index (χ0v) is 11.9. The Hall–Kier alpha value is -2.54. The molecule has 2 N–H and O–H groups in total. The van der Waals surface area contributed by atoms with Crippen molar-refractivity contribution in [3.05, 3.63) is 36.5 Å². The van der Waals surface area contributed by atoms with Gasteiger partial charge in [0.2, 0.25) is 5.95 Å². The summed E-state index contributed by atoms with van der Waals surface area (Å²) < 4.78 is 1.70. The molecule has 2 atom stereocenters. The molecule has 3 aromatic rings. The molecule has 0 bridgehead atoms. The maximum atomic E-state index is 9.60. The molecule has 1 aliphatic rings. The van der Waals surface area contributed by atoms with E-state index in [-0.39, 0.29) is 12.1 Å². The van der Waals surface area contributed by atoms with E-state index in [0.29, 0.717) is 11.8 Å². The van der Waals surface area contributed by atoms with Gasteiger partial charge in [0.1, 0.15) is 5.52 Å². The number of benzene rings is 1. The van der Waals surface area contributed by atoms with Crippen LogP contribution in [0.2, 0.25) is 0 Å². The van der Waals surface area contributed by atoms with Gasteiger partial charge in [-0.15, -0.1) is 5.10 Å². The summed E-state index contributed by atoms with van der Waals surface area (Å²) in [7, 11) is 0. The molecule has 7 heteroatoms. The van der Waals surface area contributed by atoms with Crippen LogP contribution in [0.5, 0.6) is 0 Å². The maximum absolute atomic E-state index is 9.60. The summed E-state index contributed by atoms with van der Waals surface area (Å²) in [6.45, 7) is 0. The summed E-state index contributed by atoms with van der Waals surface area (Å²) in [6.07, 6.45) is 3.97. The molecule has 0 radical (unpaired) electrons. The second kappa shape index (κ2) is 5.34. The molecule has 2 aromatic heterocycles. The van der Waals surface area contributed by atoms with Gasteiger partial charge in [-0.25, -0.2) is 4.98 Å². The lowest BCUT2D eigenvalue weighted by Crippen LogP contribution is -2.18. The van der Waals surface area contributed by atoms with Gasteiger partial charge in [0, 0.05) is 18.3 Å². The smallest absolute Gasteiger partial charge is 0.224 e. The highest BCUT2D eigenvalue weighted by Crippen LogP contribution is 2.22. The van der Waals surface area contributed by atoms with Gasteiger partial charge in [-0.3, -0.25) is 0 Å². The molecule has 1 saturated carbocycles. The van der Waals surface area contributed by atoms with Gasteiger partial charge in [0.05, 0.1) is 11.6 Å². The zero-order valence-electron chi connectivity index (χ0n) is 11.9. The van der Waals surface area contributed by atoms with Crippen LogP contribution < -0.4 is 5.32 Å². The molecule has 0 amide bonds. The van der Waals surface area contributed by atoms with Gasteiger partial charge < -0.3 is 10.4 Å². The highest BCUT2D eigenvalue weighted by Gasteiger charge is 2.23. The van der Waals surface area contributed by atoms with E-state index in [4.69, 9.17) is 0 Å². The molecule has 7 nitrogen and oxygen atoms in total. The fourth-order valence-corrected chi connectivity index (χ4v) is 2.85. The molecule has 1 fully saturated rings. The van der Waals surface area contributed by atoms with Crippen LogP contribution in [0.25, 0.3) is 16.9 Å². The van der Waals surface area contributed by atoms with E-state index in [1.165, 1.54) is 0 Å². The van der Waals surface area contributed by atoms with Crippen LogP contribution in [0.3, 0.4) is 0 Å². The van der Waals surface area contributed by atoms with Crippen molar-refractivity contribution in [3.8, 4) is 5.82 Å². The number of hydrogen-bond acceptors (Lipinski definition) is 6. The average Bonchev–Trinajstić information content (AvgIpc) is 3.14. The largest absolute Gasteiger partial charge is 0.393 e. The Kier molecular flexibility index (Phi) is 3.19. The molecule has 1 aromatic carbocycles. The quantitative estimate of drug-likeness (QED) is 0.762. The molecule has 0 spiro atoms. The van der Waals surface area contributed by atoms with E-state index in [1.807, 2.05) is 24.3 Å². The SMILES string of the molecule is O[C@H]1CC[C@H](Nc2nccc(-n3nnc4ccccc43)n2)C1. The van der Waals surface area contributed by atoms with Crippen molar-refractivity contribution in [3.63, 3.8) is 0 Å². The molecule has 112 valence electrons. The number of aliphatic hydroxyl groups excluding tert-OH is 1. The Morgan fingerprint density at radius 3 is 2.95 bits per heavy atom. The standard InChI is InChI=1S/C15H16N6O/c22-11-6-5-10(9-11)17-15-16-8-7-14(18-15)21-13-4-2-1-3-12(13)19-20-21/h1-4,7-8,10-11,22H,5-6,9H2,(H,16,17,18)/t10-,11-/m0/s1. The summed E-state index contributed by atoms with van der Waals surface area (Å²) in [5.41, 5.74) is 1.73. The second-order valence-electron chi connectivity index (χ2n) is 5.54. The number of anilines is 1. The van der Waals surface area contributed by atoms with Crippen molar-refractivity contribution in [2.75, 3.05) is 5.32 Å². The molecular formula is C15H16N6O. The summed E-state index contributed by atoms with van der Waals surface area (Å²) >= 11 is 0. The van der Waals surface area contributed by atoms with Crippen molar-refractivity contribution >= 4 is 17.0 Å². The van der Waals surface area contributed by atoms with E-state index in [2.05, 4.69) is 25.6 Å². The van der Waals surface area contributed by atoms with Crippen molar-refractivity contribution in [1.29, 1.82) is 0 Å². The predicted octanol–water partition coefficient (Wildman–Crippen LogP) is 1.54. The van der Waals surface area contributed by atoms with Crippen LogP contribution in [0, 0.1) is 0 Å². The predicted molar refractivity (Wildman–Crippen MR) is 81.7 cm³/mol. The van der Waals surface area contributed by atoms with Crippen molar-refractivity contribution in [2.45, 2.75) is 31.4 Å². The Bertz CT molecular complexity index is 801. The van der Waals surface area contributed by atoms with Crippen LogP contribution >= 0.6 is 0 Å². The van der Waals surface area contributed by atoms with Gasteiger partial charge in [0.15, 0.2) is 5.82 Å². The van der Waals surface area contributed by atoms with Crippen LogP contribution in [0.1, 0.15) is 19.3 Å². The summed E-state index contributed by atoms with van der Waals surface area (Å²) in [5.74, 6) is 1.22. The molecule has 0 saturated heterocycles. The van der Waals surface area contributed by atoms with Gasteiger partial charge in [0.25, 0.3) is 0 Å². The van der Waals surface area contributed by atoms with E-state index in [1.54, 1.807) is 16.9 Å². The zero-order chi connectivity index (χ0) is 14.9. The maximum Gasteiger partial charge on any atom is 0.224 e. The third kappa shape index (κ3) is 2.39. The van der Waals surface area contributed by atoms with Crippen LogP contribution in [-0.4, -0.2) is 42.2 Å². The Morgan fingerprint density at radius 2 is 2.09 bits per heavy atom. The van der Waals surface area contributed by atoms with Gasteiger partial charge in [-0.2, -0.15) is 9.67 Å². The van der Waals surface area contributed by atoms with Crippen LogP contribution in [0.4, 0.5) is 5.95 Å². The summed E-state index contributed by atoms with van der Waals surface area (Å²) in [5, 5.41) is 21.2. The van der Waals surface area contributed by atoms with Gasteiger partial charge in [-0.05, 0) is 31.4 Å².